The third kappa shape index (κ3) is 2.82. The number of piperidine rings is 1. The molecule has 1 N–H and O–H groups in total. The Kier molecular flexibility index (Phi) is 4.07. The Labute approximate surface area is 100.0 Å². The van der Waals surface area contributed by atoms with E-state index < -0.39 is 11.6 Å². The average molecular weight is 241 g/mol. The van der Waals surface area contributed by atoms with Gasteiger partial charge in [0.05, 0.1) is 6.61 Å². The first-order valence-electron chi connectivity index (χ1n) is 5.92. The number of rotatable bonds is 3. The predicted octanol–water partition coefficient (Wildman–Crippen LogP) is 2.93. The Morgan fingerprint density at radius 3 is 2.53 bits per heavy atom. The molecule has 2 nitrogen and oxygen atoms in total. The minimum Gasteiger partial charge on any atom is -0.380 e. The van der Waals surface area contributed by atoms with Gasteiger partial charge in [-0.1, -0.05) is 6.42 Å². The van der Waals surface area contributed by atoms with E-state index in [0.29, 0.717) is 5.56 Å². The number of methoxy groups -OCH3 is 1. The van der Waals surface area contributed by atoms with Crippen molar-refractivity contribution in [3.63, 3.8) is 0 Å². The fraction of sp³-hybridized carbons (Fsp3) is 0.538. The number of hydrogen-bond acceptors (Lipinski definition) is 2. The molecule has 1 unspecified atom stereocenters. The molecule has 4 heteroatoms. The molecule has 94 valence electrons. The van der Waals surface area contributed by atoms with Crippen LogP contribution in [0.3, 0.4) is 0 Å². The monoisotopic (exact) mass is 241 g/mol. The van der Waals surface area contributed by atoms with Crippen LogP contribution in [0.15, 0.2) is 12.1 Å². The van der Waals surface area contributed by atoms with Crippen molar-refractivity contribution in [2.45, 2.75) is 31.9 Å². The number of halogens is 2. The lowest BCUT2D eigenvalue weighted by Gasteiger charge is -2.24. The molecule has 0 spiro atoms. The molecule has 1 heterocycles. The zero-order valence-electron chi connectivity index (χ0n) is 9.93. The second-order valence-electron chi connectivity index (χ2n) is 4.40. The maximum Gasteiger partial charge on any atom is 0.131 e. The predicted molar refractivity (Wildman–Crippen MR) is 61.7 cm³/mol. The minimum atomic E-state index is -0.519. The highest BCUT2D eigenvalue weighted by Crippen LogP contribution is 2.26. The number of ether oxygens (including phenoxy) is 1. The lowest BCUT2D eigenvalue weighted by atomic mass is 9.96. The van der Waals surface area contributed by atoms with Gasteiger partial charge in [0.1, 0.15) is 11.6 Å². The maximum atomic E-state index is 13.7. The highest BCUT2D eigenvalue weighted by atomic mass is 19.1. The van der Waals surface area contributed by atoms with Crippen LogP contribution < -0.4 is 5.32 Å². The quantitative estimate of drug-likeness (QED) is 0.878. The van der Waals surface area contributed by atoms with Crippen molar-refractivity contribution in [1.29, 1.82) is 0 Å². The zero-order valence-corrected chi connectivity index (χ0v) is 9.93. The van der Waals surface area contributed by atoms with Gasteiger partial charge in [0.25, 0.3) is 0 Å². The van der Waals surface area contributed by atoms with Crippen LogP contribution in [0, 0.1) is 11.6 Å². The fourth-order valence-electron chi connectivity index (χ4n) is 2.24. The van der Waals surface area contributed by atoms with Crippen molar-refractivity contribution in [3.05, 3.63) is 34.9 Å². The van der Waals surface area contributed by atoms with Gasteiger partial charge in [-0.2, -0.15) is 0 Å². The summed E-state index contributed by atoms with van der Waals surface area (Å²) < 4.78 is 32.2. The van der Waals surface area contributed by atoms with Crippen molar-refractivity contribution in [3.8, 4) is 0 Å². The van der Waals surface area contributed by atoms with Crippen LogP contribution in [0.25, 0.3) is 0 Å². The van der Waals surface area contributed by atoms with Crippen LogP contribution in [0.4, 0.5) is 8.78 Å². The van der Waals surface area contributed by atoms with E-state index in [1.807, 2.05) is 0 Å². The summed E-state index contributed by atoms with van der Waals surface area (Å²) in [6.45, 7) is 0.879. The van der Waals surface area contributed by atoms with Crippen LogP contribution in [0.5, 0.6) is 0 Å². The molecule has 1 saturated heterocycles. The van der Waals surface area contributed by atoms with Crippen molar-refractivity contribution in [2.24, 2.45) is 0 Å². The molecule has 0 saturated carbocycles. The molecule has 1 aromatic carbocycles. The molecular weight excluding hydrogens is 224 g/mol. The molecule has 0 aliphatic carbocycles. The minimum absolute atomic E-state index is 0.00654. The first kappa shape index (κ1) is 12.5. The van der Waals surface area contributed by atoms with Gasteiger partial charge >= 0.3 is 0 Å². The van der Waals surface area contributed by atoms with E-state index in [4.69, 9.17) is 4.74 Å². The largest absolute Gasteiger partial charge is 0.380 e. The molecule has 1 atom stereocenters. The van der Waals surface area contributed by atoms with Gasteiger partial charge in [-0.25, -0.2) is 8.78 Å². The molecule has 0 bridgehead atoms. The second-order valence-corrected chi connectivity index (χ2v) is 4.40. The summed E-state index contributed by atoms with van der Waals surface area (Å²) in [5.41, 5.74) is 0.701. The standard InChI is InChI=1S/C13H17F2NO/c1-17-8-10-11(14)6-9(7-12(10)15)13-4-2-3-5-16-13/h6-7,13,16H,2-5,8H2,1H3. The molecular formula is C13H17F2NO. The number of benzene rings is 1. The average Bonchev–Trinajstić information content (AvgIpc) is 2.35. The van der Waals surface area contributed by atoms with Crippen molar-refractivity contribution >= 4 is 0 Å². The molecule has 0 aromatic heterocycles. The maximum absolute atomic E-state index is 13.7. The highest BCUT2D eigenvalue weighted by molar-refractivity contribution is 5.28. The van der Waals surface area contributed by atoms with Crippen LogP contribution in [0.2, 0.25) is 0 Å². The van der Waals surface area contributed by atoms with E-state index >= 15 is 0 Å². The van der Waals surface area contributed by atoms with Crippen LogP contribution in [-0.2, 0) is 11.3 Å². The van der Waals surface area contributed by atoms with Gasteiger partial charge in [0.15, 0.2) is 0 Å². The molecule has 1 aliphatic rings. The second kappa shape index (κ2) is 5.56. The summed E-state index contributed by atoms with van der Waals surface area (Å²) in [6, 6.07) is 2.91. The van der Waals surface area contributed by atoms with Crippen molar-refractivity contribution in [2.75, 3.05) is 13.7 Å². The SMILES string of the molecule is COCc1c(F)cc(C2CCCCN2)cc1F. The fourth-order valence-corrected chi connectivity index (χ4v) is 2.24. The molecule has 1 fully saturated rings. The van der Waals surface area contributed by atoms with E-state index in [9.17, 15) is 8.78 Å². The number of hydrogen-bond donors (Lipinski definition) is 1. The smallest absolute Gasteiger partial charge is 0.131 e. The Balaban J connectivity index is 2.24. The van der Waals surface area contributed by atoms with Crippen LogP contribution in [-0.4, -0.2) is 13.7 Å². The third-order valence-corrected chi connectivity index (χ3v) is 3.16. The van der Waals surface area contributed by atoms with Gasteiger partial charge in [-0.3, -0.25) is 0 Å². The Morgan fingerprint density at radius 2 is 2.00 bits per heavy atom. The summed E-state index contributed by atoms with van der Waals surface area (Å²) in [7, 11) is 1.43. The van der Waals surface area contributed by atoms with Gasteiger partial charge < -0.3 is 10.1 Å². The van der Waals surface area contributed by atoms with Gasteiger partial charge in [-0.15, -0.1) is 0 Å². The Hall–Kier alpha value is -1.00. The van der Waals surface area contributed by atoms with Crippen molar-refractivity contribution < 1.29 is 13.5 Å². The molecule has 2 rings (SSSR count). The topological polar surface area (TPSA) is 21.3 Å². The first-order chi connectivity index (χ1) is 8.22. The van der Waals surface area contributed by atoms with Gasteiger partial charge in [0.2, 0.25) is 0 Å². The summed E-state index contributed by atoms with van der Waals surface area (Å²) >= 11 is 0. The van der Waals surface area contributed by atoms with E-state index in [1.165, 1.54) is 19.2 Å². The molecule has 0 amide bonds. The zero-order chi connectivity index (χ0) is 12.3. The summed E-state index contributed by atoms with van der Waals surface area (Å²) in [6.07, 6.45) is 3.16. The molecule has 17 heavy (non-hydrogen) atoms. The van der Waals surface area contributed by atoms with E-state index in [1.54, 1.807) is 0 Å². The Morgan fingerprint density at radius 1 is 1.29 bits per heavy atom. The third-order valence-electron chi connectivity index (χ3n) is 3.16. The van der Waals surface area contributed by atoms with Gasteiger partial charge in [-0.05, 0) is 37.1 Å². The molecule has 1 aliphatic heterocycles. The van der Waals surface area contributed by atoms with E-state index in [0.717, 1.165) is 25.8 Å². The van der Waals surface area contributed by atoms with Crippen molar-refractivity contribution in [1.82, 2.24) is 5.32 Å². The van der Waals surface area contributed by atoms with Crippen LogP contribution in [0.1, 0.15) is 36.4 Å². The van der Waals surface area contributed by atoms with E-state index in [2.05, 4.69) is 5.32 Å². The summed E-state index contributed by atoms with van der Waals surface area (Å²) in [5, 5.41) is 3.28. The van der Waals surface area contributed by atoms with Gasteiger partial charge in [0, 0.05) is 18.7 Å². The normalized spacial score (nSPS) is 20.5. The lowest BCUT2D eigenvalue weighted by molar-refractivity contribution is 0.177. The first-order valence-corrected chi connectivity index (χ1v) is 5.92. The summed E-state index contributed by atoms with van der Waals surface area (Å²) in [4.78, 5) is 0. The highest BCUT2D eigenvalue weighted by Gasteiger charge is 2.18. The number of nitrogens with one attached hydrogen (secondary N) is 1. The van der Waals surface area contributed by atoms with E-state index in [-0.39, 0.29) is 18.2 Å². The summed E-state index contributed by atoms with van der Waals surface area (Å²) in [5.74, 6) is -1.04. The lowest BCUT2D eigenvalue weighted by Crippen LogP contribution is -2.27. The van der Waals surface area contributed by atoms with Crippen LogP contribution >= 0.6 is 0 Å². The Bertz CT molecular complexity index is 366. The molecule has 1 aromatic rings. The molecule has 0 radical (unpaired) electrons.